The van der Waals surface area contributed by atoms with Crippen molar-refractivity contribution in [2.24, 2.45) is 23.7 Å². The number of amides is 2. The smallest absolute Gasteiger partial charge is 0.343 e. The number of carbonyl (C=O) groups is 5. The summed E-state index contributed by atoms with van der Waals surface area (Å²) in [7, 11) is 0. The molecule has 6 atom stereocenters. The number of nitrogens with zero attached hydrogens (tertiary/aromatic N) is 1. The summed E-state index contributed by atoms with van der Waals surface area (Å²) in [6, 6.07) is 16.2. The first-order valence-electron chi connectivity index (χ1n) is 13.3. The number of carbonyl (C=O) groups excluding carboxylic acids is 5. The van der Waals surface area contributed by atoms with Gasteiger partial charge < -0.3 is 9.47 Å². The van der Waals surface area contributed by atoms with E-state index in [-0.39, 0.29) is 72.6 Å². The molecule has 43 heavy (non-hydrogen) atoms. The highest BCUT2D eigenvalue weighted by Crippen LogP contribution is 2.60. The predicted octanol–water partition coefficient (Wildman–Crippen LogP) is 6.53. The molecular formula is C31H21Br2Cl2NO7. The predicted molar refractivity (Wildman–Crippen MR) is 165 cm³/mol. The van der Waals surface area contributed by atoms with E-state index in [2.05, 4.69) is 31.9 Å². The highest BCUT2D eigenvalue weighted by molar-refractivity contribution is 9.12. The maximum Gasteiger partial charge on any atom is 0.343 e. The van der Waals surface area contributed by atoms with Crippen LogP contribution in [0, 0.1) is 23.7 Å². The van der Waals surface area contributed by atoms with Crippen molar-refractivity contribution >= 4 is 90.3 Å². The molecule has 1 saturated heterocycles. The van der Waals surface area contributed by atoms with Crippen molar-refractivity contribution in [2.45, 2.75) is 16.1 Å². The Balaban J connectivity index is 1.07. The number of hydrogen-bond donors (Lipinski definition) is 0. The van der Waals surface area contributed by atoms with Crippen LogP contribution >= 0.6 is 55.1 Å². The van der Waals surface area contributed by atoms with Gasteiger partial charge in [0, 0.05) is 15.2 Å². The van der Waals surface area contributed by atoms with Gasteiger partial charge in [-0.05, 0) is 78.9 Å². The fourth-order valence-corrected chi connectivity index (χ4v) is 8.34. The minimum atomic E-state index is -0.775. The molecule has 2 saturated carbocycles. The highest BCUT2D eigenvalue weighted by atomic mass is 79.9. The van der Waals surface area contributed by atoms with E-state index >= 15 is 0 Å². The Bertz CT molecular complexity index is 1650. The molecular weight excluding hydrogens is 729 g/mol. The Labute approximate surface area is 272 Å². The number of ether oxygens (including phenoxy) is 2. The van der Waals surface area contributed by atoms with Gasteiger partial charge in [0.2, 0.25) is 11.8 Å². The molecule has 0 radical (unpaired) electrons. The second-order valence-corrected chi connectivity index (χ2v) is 13.5. The lowest BCUT2D eigenvalue weighted by Gasteiger charge is -2.28. The molecule has 3 aromatic rings. The summed E-state index contributed by atoms with van der Waals surface area (Å²) in [6.45, 7) is -0.542. The number of alkyl halides is 2. The van der Waals surface area contributed by atoms with E-state index in [4.69, 9.17) is 32.7 Å². The van der Waals surface area contributed by atoms with Crippen LogP contribution in [0.15, 0.2) is 66.7 Å². The maximum atomic E-state index is 13.3. The number of halogens is 4. The minimum absolute atomic E-state index is 0.0729. The highest BCUT2D eigenvalue weighted by Gasteiger charge is 2.66. The van der Waals surface area contributed by atoms with E-state index in [1.807, 2.05) is 0 Å². The van der Waals surface area contributed by atoms with Crippen LogP contribution in [0.4, 0.5) is 5.69 Å². The third kappa shape index (κ3) is 5.43. The van der Waals surface area contributed by atoms with Crippen molar-refractivity contribution in [3.8, 4) is 5.75 Å². The molecule has 8 nitrogen and oxygen atoms in total. The summed E-state index contributed by atoms with van der Waals surface area (Å²) < 4.78 is 10.5. The summed E-state index contributed by atoms with van der Waals surface area (Å²) >= 11 is 19.2. The van der Waals surface area contributed by atoms with Crippen LogP contribution in [-0.2, 0) is 14.3 Å². The lowest BCUT2D eigenvalue weighted by atomic mass is 9.81. The van der Waals surface area contributed by atoms with E-state index in [0.717, 1.165) is 6.42 Å². The van der Waals surface area contributed by atoms with Crippen LogP contribution in [0.5, 0.6) is 5.75 Å². The SMILES string of the molecule is O=C(COC(=O)c1cccc(N2C(=O)C3C4CC(C(Br)C4Br)C3C2=O)c1)c1ccc(OC(=O)c2ccc(Cl)c(Cl)c2)cc1. The van der Waals surface area contributed by atoms with Gasteiger partial charge in [-0.3, -0.25) is 19.3 Å². The molecule has 6 rings (SSSR count). The third-order valence-electron chi connectivity index (χ3n) is 8.20. The van der Waals surface area contributed by atoms with Crippen LogP contribution in [0.25, 0.3) is 0 Å². The normalized spacial score (nSPS) is 25.5. The Hall–Kier alpha value is -3.05. The number of esters is 2. The van der Waals surface area contributed by atoms with Crippen molar-refractivity contribution in [3.63, 3.8) is 0 Å². The Morgan fingerprint density at radius 1 is 0.767 bits per heavy atom. The molecule has 0 spiro atoms. The zero-order chi connectivity index (χ0) is 30.6. The van der Waals surface area contributed by atoms with E-state index < -0.39 is 24.3 Å². The van der Waals surface area contributed by atoms with Crippen LogP contribution in [-0.4, -0.2) is 45.8 Å². The van der Waals surface area contributed by atoms with E-state index in [0.29, 0.717) is 10.7 Å². The van der Waals surface area contributed by atoms with Gasteiger partial charge in [0.15, 0.2) is 12.4 Å². The molecule has 220 valence electrons. The zero-order valence-electron chi connectivity index (χ0n) is 22.0. The van der Waals surface area contributed by atoms with Crippen molar-refractivity contribution in [1.82, 2.24) is 0 Å². The average Bonchev–Trinajstić information content (AvgIpc) is 3.62. The Morgan fingerprint density at radius 2 is 1.37 bits per heavy atom. The molecule has 2 amide bonds. The number of ketones is 1. The standard InChI is InChI=1S/C31H21Br2Cl2NO7/c32-26-19-12-20(27(26)33)25-24(19)28(38)36(29(25)39)17-3-1-2-15(10-17)30(40)42-13-23(37)14-4-7-18(8-5-14)43-31(41)16-6-9-21(34)22(35)11-16/h1-11,19-20,24-27H,12-13H2. The van der Waals surface area contributed by atoms with Gasteiger partial charge in [0.1, 0.15) is 5.75 Å². The van der Waals surface area contributed by atoms with Crippen LogP contribution in [0.3, 0.4) is 0 Å². The minimum Gasteiger partial charge on any atom is -0.454 e. The second kappa shape index (κ2) is 11.8. The lowest BCUT2D eigenvalue weighted by Crippen LogP contribution is -2.37. The summed E-state index contributed by atoms with van der Waals surface area (Å²) in [4.78, 5) is 66.0. The number of rotatable bonds is 7. The Morgan fingerprint density at radius 3 is 2.00 bits per heavy atom. The maximum absolute atomic E-state index is 13.3. The molecule has 2 aliphatic carbocycles. The van der Waals surface area contributed by atoms with Gasteiger partial charge >= 0.3 is 11.9 Å². The number of fused-ring (bicyclic) bond motifs is 5. The molecule has 0 aromatic heterocycles. The number of hydrogen-bond acceptors (Lipinski definition) is 7. The summed E-state index contributed by atoms with van der Waals surface area (Å²) in [6.07, 6.45) is 0.819. The van der Waals surface area contributed by atoms with E-state index in [9.17, 15) is 24.0 Å². The van der Waals surface area contributed by atoms with Crippen molar-refractivity contribution in [2.75, 3.05) is 11.5 Å². The Kier molecular flexibility index (Phi) is 8.23. The molecule has 1 aliphatic heterocycles. The quantitative estimate of drug-likeness (QED) is 0.0889. The van der Waals surface area contributed by atoms with Gasteiger partial charge in [0.05, 0.1) is 38.7 Å². The molecule has 12 heteroatoms. The van der Waals surface area contributed by atoms with Gasteiger partial charge in [-0.1, -0.05) is 61.1 Å². The first kappa shape index (κ1) is 30.0. The van der Waals surface area contributed by atoms with E-state index in [1.54, 1.807) is 12.1 Å². The monoisotopic (exact) mass is 747 g/mol. The molecule has 3 fully saturated rings. The van der Waals surface area contributed by atoms with Crippen molar-refractivity contribution < 1.29 is 33.4 Å². The summed E-state index contributed by atoms with van der Waals surface area (Å²) in [5, 5.41) is 0.521. The van der Waals surface area contributed by atoms with Gasteiger partial charge in [-0.25, -0.2) is 9.59 Å². The van der Waals surface area contributed by atoms with Crippen molar-refractivity contribution in [3.05, 3.63) is 93.5 Å². The van der Waals surface area contributed by atoms with Gasteiger partial charge in [0.25, 0.3) is 0 Å². The molecule has 3 aliphatic rings. The first-order chi connectivity index (χ1) is 20.5. The molecule has 6 unspecified atom stereocenters. The summed E-state index contributed by atoms with van der Waals surface area (Å²) in [5.41, 5.74) is 0.847. The van der Waals surface area contributed by atoms with Crippen LogP contribution in [0.1, 0.15) is 37.5 Å². The van der Waals surface area contributed by atoms with Crippen LogP contribution < -0.4 is 9.64 Å². The number of Topliss-reactive ketones (excluding diaryl/α,β-unsaturated/α-hetero) is 1. The third-order valence-corrected chi connectivity index (χ3v) is 12.1. The van der Waals surface area contributed by atoms with Gasteiger partial charge in [-0.2, -0.15) is 0 Å². The molecule has 0 N–H and O–H groups in total. The average molecular weight is 750 g/mol. The topological polar surface area (TPSA) is 107 Å². The second-order valence-electron chi connectivity index (χ2n) is 10.6. The summed E-state index contributed by atoms with van der Waals surface area (Å²) in [5.74, 6) is -2.83. The fraction of sp³-hybridized carbons (Fsp3) is 0.258. The first-order valence-corrected chi connectivity index (χ1v) is 15.9. The number of benzene rings is 3. The molecule has 3 aromatic carbocycles. The fourth-order valence-electron chi connectivity index (χ4n) is 6.17. The lowest BCUT2D eigenvalue weighted by molar-refractivity contribution is -0.123. The van der Waals surface area contributed by atoms with Crippen molar-refractivity contribution in [1.29, 1.82) is 0 Å². The number of anilines is 1. The number of imide groups is 1. The zero-order valence-corrected chi connectivity index (χ0v) is 26.7. The molecule has 1 heterocycles. The van der Waals surface area contributed by atoms with Crippen LogP contribution in [0.2, 0.25) is 10.0 Å². The van der Waals surface area contributed by atoms with E-state index in [1.165, 1.54) is 59.5 Å². The largest absolute Gasteiger partial charge is 0.454 e. The van der Waals surface area contributed by atoms with Gasteiger partial charge in [-0.15, -0.1) is 0 Å². The molecule has 2 bridgehead atoms.